The van der Waals surface area contributed by atoms with Crippen LogP contribution in [0.4, 0.5) is 11.4 Å². The van der Waals surface area contributed by atoms with E-state index in [9.17, 15) is 13.2 Å². The predicted octanol–water partition coefficient (Wildman–Crippen LogP) is 2.06. The Kier molecular flexibility index (Phi) is 3.82. The normalized spacial score (nSPS) is 10.7. The van der Waals surface area contributed by atoms with Crippen LogP contribution < -0.4 is 10.0 Å². The monoisotopic (exact) mass is 276 g/mol. The van der Waals surface area contributed by atoms with E-state index < -0.39 is 10.0 Å². The molecule has 0 aliphatic rings. The maximum atomic E-state index is 12.2. The summed E-state index contributed by atoms with van der Waals surface area (Å²) in [6.07, 6.45) is 0.441. The molecule has 2 aromatic carbocycles. The van der Waals surface area contributed by atoms with Gasteiger partial charge in [-0.2, -0.15) is 0 Å². The highest BCUT2D eigenvalue weighted by atomic mass is 32.2. The lowest BCUT2D eigenvalue weighted by molar-refractivity contribution is -0.105. The van der Waals surface area contributed by atoms with Crippen molar-refractivity contribution >= 4 is 27.8 Å². The molecule has 1 amide bonds. The number of para-hydroxylation sites is 2. The van der Waals surface area contributed by atoms with Crippen molar-refractivity contribution in [3.05, 3.63) is 54.6 Å². The smallest absolute Gasteiger partial charge is 0.263 e. The van der Waals surface area contributed by atoms with Gasteiger partial charge in [-0.05, 0) is 24.3 Å². The molecular weight excluding hydrogens is 264 g/mol. The van der Waals surface area contributed by atoms with Crippen LogP contribution in [0.2, 0.25) is 0 Å². The molecule has 0 aromatic heterocycles. The average molecular weight is 276 g/mol. The third-order valence-corrected chi connectivity index (χ3v) is 3.86. The predicted molar refractivity (Wildman–Crippen MR) is 73.4 cm³/mol. The maximum absolute atomic E-state index is 12.2. The van der Waals surface area contributed by atoms with Crippen LogP contribution >= 0.6 is 0 Å². The highest BCUT2D eigenvalue weighted by Crippen LogP contribution is 2.22. The summed E-state index contributed by atoms with van der Waals surface area (Å²) >= 11 is 0. The minimum absolute atomic E-state index is 0.0194. The Labute approximate surface area is 111 Å². The van der Waals surface area contributed by atoms with E-state index in [1.807, 2.05) is 0 Å². The van der Waals surface area contributed by atoms with Gasteiger partial charge in [-0.3, -0.25) is 9.52 Å². The van der Waals surface area contributed by atoms with Gasteiger partial charge < -0.3 is 5.32 Å². The molecule has 2 aromatic rings. The highest BCUT2D eigenvalue weighted by molar-refractivity contribution is 7.92. The number of amides is 1. The van der Waals surface area contributed by atoms with E-state index in [1.54, 1.807) is 42.5 Å². The molecule has 0 saturated heterocycles. The molecule has 2 N–H and O–H groups in total. The van der Waals surface area contributed by atoms with Gasteiger partial charge in [0, 0.05) is 5.69 Å². The number of anilines is 2. The van der Waals surface area contributed by atoms with Gasteiger partial charge >= 0.3 is 0 Å². The van der Waals surface area contributed by atoms with E-state index in [4.69, 9.17) is 0 Å². The molecule has 19 heavy (non-hydrogen) atoms. The Bertz CT molecular complexity index is 669. The average Bonchev–Trinajstić information content (AvgIpc) is 2.40. The molecule has 5 nitrogen and oxygen atoms in total. The number of carbonyl (C=O) groups is 1. The van der Waals surface area contributed by atoms with Crippen LogP contribution in [0.3, 0.4) is 0 Å². The summed E-state index contributed by atoms with van der Waals surface area (Å²) < 4.78 is 26.9. The minimum atomic E-state index is -3.74. The summed E-state index contributed by atoms with van der Waals surface area (Å²) in [6.45, 7) is 0. The third-order valence-electron chi connectivity index (χ3n) is 2.42. The Morgan fingerprint density at radius 1 is 0.895 bits per heavy atom. The molecular formula is C13H12N2O3S. The van der Waals surface area contributed by atoms with Crippen molar-refractivity contribution < 1.29 is 13.2 Å². The summed E-state index contributed by atoms with van der Waals surface area (Å²) in [6, 6.07) is 14.7. The van der Waals surface area contributed by atoms with E-state index in [2.05, 4.69) is 10.0 Å². The van der Waals surface area contributed by atoms with Crippen LogP contribution in [-0.2, 0) is 14.8 Å². The Balaban J connectivity index is 2.37. The topological polar surface area (TPSA) is 75.3 Å². The number of benzene rings is 2. The Hall–Kier alpha value is -2.34. The molecule has 0 aliphatic heterocycles. The molecule has 0 atom stereocenters. The zero-order chi connectivity index (χ0) is 13.7. The zero-order valence-corrected chi connectivity index (χ0v) is 10.7. The molecule has 98 valence electrons. The second-order valence-corrected chi connectivity index (χ2v) is 5.38. The van der Waals surface area contributed by atoms with Crippen LogP contribution in [0.25, 0.3) is 0 Å². The van der Waals surface area contributed by atoms with E-state index >= 15 is 0 Å². The molecule has 0 bridgehead atoms. The van der Waals surface area contributed by atoms with Crippen molar-refractivity contribution in [2.45, 2.75) is 4.90 Å². The number of nitrogens with one attached hydrogen (secondary N) is 2. The second-order valence-electron chi connectivity index (χ2n) is 3.73. The molecule has 0 saturated carbocycles. The quantitative estimate of drug-likeness (QED) is 0.821. The third kappa shape index (κ3) is 3.11. The summed E-state index contributed by atoms with van der Waals surface area (Å²) in [7, 11) is -3.74. The van der Waals surface area contributed by atoms with E-state index in [0.717, 1.165) is 0 Å². The molecule has 0 aliphatic carbocycles. The Morgan fingerprint density at radius 3 is 2.21 bits per heavy atom. The van der Waals surface area contributed by atoms with Gasteiger partial charge in [0.05, 0.1) is 5.69 Å². The molecule has 0 heterocycles. The van der Waals surface area contributed by atoms with Gasteiger partial charge in [0.25, 0.3) is 10.0 Å². The Morgan fingerprint density at radius 2 is 1.53 bits per heavy atom. The highest BCUT2D eigenvalue weighted by Gasteiger charge is 2.17. The molecule has 0 fully saturated rings. The van der Waals surface area contributed by atoms with Crippen molar-refractivity contribution in [1.29, 1.82) is 0 Å². The van der Waals surface area contributed by atoms with E-state index in [-0.39, 0.29) is 10.6 Å². The van der Waals surface area contributed by atoms with Crippen molar-refractivity contribution in [1.82, 2.24) is 0 Å². The van der Waals surface area contributed by atoms with Gasteiger partial charge in [-0.25, -0.2) is 8.42 Å². The fourth-order valence-corrected chi connectivity index (χ4v) is 2.83. The molecule has 2 rings (SSSR count). The fraction of sp³-hybridized carbons (Fsp3) is 0. The first-order chi connectivity index (χ1) is 9.13. The zero-order valence-electron chi connectivity index (χ0n) is 9.91. The van der Waals surface area contributed by atoms with Crippen LogP contribution in [0.15, 0.2) is 59.5 Å². The molecule has 0 unspecified atom stereocenters. The van der Waals surface area contributed by atoms with E-state index in [1.165, 1.54) is 12.1 Å². The maximum Gasteiger partial charge on any atom is 0.263 e. The van der Waals surface area contributed by atoms with Crippen molar-refractivity contribution in [2.75, 3.05) is 10.0 Å². The first-order valence-electron chi connectivity index (χ1n) is 5.50. The van der Waals surface area contributed by atoms with Crippen molar-refractivity contribution in [2.24, 2.45) is 0 Å². The van der Waals surface area contributed by atoms with Crippen molar-refractivity contribution in [3.8, 4) is 0 Å². The van der Waals surface area contributed by atoms with Crippen LogP contribution in [0.5, 0.6) is 0 Å². The van der Waals surface area contributed by atoms with Gasteiger partial charge in [-0.1, -0.05) is 30.3 Å². The van der Waals surface area contributed by atoms with Crippen LogP contribution in [0, 0.1) is 0 Å². The largest absolute Gasteiger partial charge is 0.327 e. The summed E-state index contributed by atoms with van der Waals surface area (Å²) in [5, 5.41) is 2.37. The fourth-order valence-electron chi connectivity index (χ4n) is 1.60. The lowest BCUT2D eigenvalue weighted by Crippen LogP contribution is -2.15. The number of hydrogen-bond acceptors (Lipinski definition) is 3. The van der Waals surface area contributed by atoms with Gasteiger partial charge in [-0.15, -0.1) is 0 Å². The second kappa shape index (κ2) is 5.53. The standard InChI is InChI=1S/C13H12N2O3S/c16-10-14-12-8-4-5-9-13(12)19(17,18)15-11-6-2-1-3-7-11/h1-10,15H,(H,14,16). The van der Waals surface area contributed by atoms with Crippen LogP contribution in [-0.4, -0.2) is 14.8 Å². The molecule has 0 spiro atoms. The van der Waals surface area contributed by atoms with E-state index in [0.29, 0.717) is 12.1 Å². The first kappa shape index (κ1) is 13.1. The number of hydrogen-bond donors (Lipinski definition) is 2. The minimum Gasteiger partial charge on any atom is -0.327 e. The summed E-state index contributed by atoms with van der Waals surface area (Å²) in [5.74, 6) is 0. The van der Waals surface area contributed by atoms with Gasteiger partial charge in [0.2, 0.25) is 6.41 Å². The lowest BCUT2D eigenvalue weighted by Gasteiger charge is -2.11. The number of sulfonamides is 1. The van der Waals surface area contributed by atoms with Crippen molar-refractivity contribution in [3.63, 3.8) is 0 Å². The van der Waals surface area contributed by atoms with Gasteiger partial charge in [0.1, 0.15) is 4.90 Å². The van der Waals surface area contributed by atoms with Gasteiger partial charge in [0.15, 0.2) is 0 Å². The SMILES string of the molecule is O=CNc1ccccc1S(=O)(=O)Nc1ccccc1. The molecule has 0 radical (unpaired) electrons. The number of carbonyl (C=O) groups excluding carboxylic acids is 1. The first-order valence-corrected chi connectivity index (χ1v) is 6.99. The van der Waals surface area contributed by atoms with Crippen LogP contribution in [0.1, 0.15) is 0 Å². The summed E-state index contributed by atoms with van der Waals surface area (Å²) in [4.78, 5) is 10.5. The lowest BCUT2D eigenvalue weighted by atomic mass is 10.3. The molecule has 6 heteroatoms. The summed E-state index contributed by atoms with van der Waals surface area (Å²) in [5.41, 5.74) is 0.698. The number of rotatable bonds is 5.